The van der Waals surface area contributed by atoms with Crippen LogP contribution in [0.3, 0.4) is 0 Å². The zero-order valence-electron chi connectivity index (χ0n) is 10.7. The molecule has 0 aliphatic carbocycles. The van der Waals surface area contributed by atoms with Gasteiger partial charge in [0.15, 0.2) is 11.1 Å². The fraction of sp³-hybridized carbons (Fsp3) is 0.308. The lowest BCUT2D eigenvalue weighted by molar-refractivity contribution is 0.323. The molecule has 1 aromatic heterocycles. The first-order valence-electron chi connectivity index (χ1n) is 6.36. The number of nitrogens with one attached hydrogen (secondary N) is 1. The van der Waals surface area contributed by atoms with Crippen LogP contribution in [0.15, 0.2) is 34.9 Å². The van der Waals surface area contributed by atoms with Crippen molar-refractivity contribution in [2.75, 3.05) is 18.1 Å². The molecule has 0 bridgehead atoms. The molecule has 3 N–H and O–H groups in total. The summed E-state index contributed by atoms with van der Waals surface area (Å²) >= 11 is -2.06. The average Bonchev–Trinajstić information content (AvgIpc) is 2.89. The third-order valence-corrected chi connectivity index (χ3v) is 4.29. The molecule has 0 spiro atoms. The number of nitrogens with zero attached hydrogens (tertiary/aromatic N) is 2. The molecule has 1 unspecified atom stereocenters. The van der Waals surface area contributed by atoms with Crippen molar-refractivity contribution in [3.05, 3.63) is 34.9 Å². The van der Waals surface area contributed by atoms with Crippen molar-refractivity contribution in [2.24, 2.45) is 0 Å². The lowest BCUT2D eigenvalue weighted by Crippen LogP contribution is -2.32. The van der Waals surface area contributed by atoms with Crippen LogP contribution in [0.25, 0.3) is 11.0 Å². The number of hydrogen-bond donors (Lipinski definition) is 3. The predicted octanol–water partition coefficient (Wildman–Crippen LogP) is 1.59. The van der Waals surface area contributed by atoms with Crippen molar-refractivity contribution >= 4 is 28.1 Å². The summed E-state index contributed by atoms with van der Waals surface area (Å²) in [6, 6.07) is 7.63. The van der Waals surface area contributed by atoms with Crippen molar-refractivity contribution in [2.45, 2.75) is 12.8 Å². The third-order valence-electron chi connectivity index (χ3n) is 3.43. The van der Waals surface area contributed by atoms with Crippen LogP contribution in [0.2, 0.25) is 0 Å². The van der Waals surface area contributed by atoms with Gasteiger partial charge in [0, 0.05) is 6.54 Å². The highest BCUT2D eigenvalue weighted by atomic mass is 32.2. The Hall–Kier alpha value is -1.70. The van der Waals surface area contributed by atoms with Crippen molar-refractivity contribution in [3.63, 3.8) is 0 Å². The monoisotopic (exact) mass is 293 g/mol. The summed E-state index contributed by atoms with van der Waals surface area (Å²) in [5, 5.41) is 9.53. The number of imidazole rings is 1. The molecule has 3 rings (SSSR count). The number of hydrogen-bond acceptors (Lipinski definition) is 4. The van der Waals surface area contributed by atoms with E-state index in [1.54, 1.807) is 4.90 Å². The number of allylic oxidation sites excluding steroid dienone is 1. The minimum Gasteiger partial charge on any atom is -0.390 e. The topological polar surface area (TPSA) is 89.4 Å². The molecule has 1 aromatic carbocycles. The van der Waals surface area contributed by atoms with E-state index in [1.165, 1.54) is 0 Å². The largest absolute Gasteiger partial charge is 0.390 e. The van der Waals surface area contributed by atoms with Gasteiger partial charge in [-0.2, -0.15) is 0 Å². The Labute approximate surface area is 118 Å². The van der Waals surface area contributed by atoms with Crippen LogP contribution >= 0.6 is 0 Å². The van der Waals surface area contributed by atoms with Crippen LogP contribution in [-0.2, 0) is 11.1 Å². The summed E-state index contributed by atoms with van der Waals surface area (Å²) in [6.07, 6.45) is 1.28. The van der Waals surface area contributed by atoms with E-state index in [-0.39, 0.29) is 6.61 Å². The molecule has 0 saturated carbocycles. The highest BCUT2D eigenvalue weighted by molar-refractivity contribution is 7.83. The molecule has 6 nitrogen and oxygen atoms in total. The number of H-pyrrole nitrogens is 1. The first-order valence-corrected chi connectivity index (χ1v) is 7.47. The zero-order valence-corrected chi connectivity index (χ0v) is 11.6. The molecule has 106 valence electrons. The van der Waals surface area contributed by atoms with E-state index >= 15 is 0 Å². The molecule has 1 aliphatic heterocycles. The SMILES string of the molecule is O=S(O)C1=C(CO)N(c2nc3ccccc3[nH]2)CCC1. The minimum absolute atomic E-state index is 0.279. The van der Waals surface area contributed by atoms with E-state index < -0.39 is 11.1 Å². The normalized spacial score (nSPS) is 17.8. The highest BCUT2D eigenvalue weighted by Gasteiger charge is 2.25. The fourth-order valence-corrected chi connectivity index (χ4v) is 3.19. The molecule has 7 heteroatoms. The summed E-state index contributed by atoms with van der Waals surface area (Å²) < 4.78 is 20.7. The quantitative estimate of drug-likeness (QED) is 0.748. The molecule has 2 heterocycles. The lowest BCUT2D eigenvalue weighted by atomic mass is 10.1. The Balaban J connectivity index is 2.07. The Kier molecular flexibility index (Phi) is 3.56. The van der Waals surface area contributed by atoms with Crippen LogP contribution in [0.4, 0.5) is 5.95 Å². The van der Waals surface area contributed by atoms with Crippen molar-refractivity contribution in [1.82, 2.24) is 9.97 Å². The van der Waals surface area contributed by atoms with Gasteiger partial charge in [0.1, 0.15) is 0 Å². The Morgan fingerprint density at radius 1 is 1.40 bits per heavy atom. The molecule has 2 aromatic rings. The molecular weight excluding hydrogens is 278 g/mol. The number of aromatic amines is 1. The first kappa shape index (κ1) is 13.3. The van der Waals surface area contributed by atoms with Crippen molar-refractivity contribution < 1.29 is 13.9 Å². The Morgan fingerprint density at radius 2 is 2.20 bits per heavy atom. The molecule has 0 radical (unpaired) electrons. The van der Waals surface area contributed by atoms with E-state index in [1.807, 2.05) is 24.3 Å². The van der Waals surface area contributed by atoms with E-state index in [0.29, 0.717) is 29.5 Å². The summed E-state index contributed by atoms with van der Waals surface area (Å²) in [7, 11) is 0. The maximum atomic E-state index is 11.4. The number of fused-ring (bicyclic) bond motifs is 1. The standard InChI is InChI=1S/C13H15N3O3S/c17-8-11-12(20(18)19)6-3-7-16(11)13-14-9-4-1-2-5-10(9)15-13/h1-2,4-5,17H,3,6-8H2,(H,14,15)(H,18,19). The van der Waals surface area contributed by atoms with Crippen LogP contribution in [0.1, 0.15) is 12.8 Å². The molecule has 0 amide bonds. The Bertz CT molecular complexity index is 662. The van der Waals surface area contributed by atoms with Crippen LogP contribution in [-0.4, -0.2) is 37.0 Å². The maximum absolute atomic E-state index is 11.4. The van der Waals surface area contributed by atoms with Gasteiger partial charge in [0.25, 0.3) is 0 Å². The number of benzene rings is 1. The van der Waals surface area contributed by atoms with Gasteiger partial charge in [-0.3, -0.25) is 0 Å². The first-order chi connectivity index (χ1) is 9.70. The Morgan fingerprint density at radius 3 is 2.90 bits per heavy atom. The average molecular weight is 293 g/mol. The molecule has 0 saturated heterocycles. The van der Waals surface area contributed by atoms with Gasteiger partial charge in [0.2, 0.25) is 5.95 Å². The van der Waals surface area contributed by atoms with Gasteiger partial charge >= 0.3 is 0 Å². The third kappa shape index (κ3) is 2.24. The fourth-order valence-electron chi connectivity index (χ4n) is 2.49. The van der Waals surface area contributed by atoms with Crippen molar-refractivity contribution in [3.8, 4) is 0 Å². The highest BCUT2D eigenvalue weighted by Crippen LogP contribution is 2.28. The second-order valence-corrected chi connectivity index (χ2v) is 5.60. The number of aromatic nitrogens is 2. The van der Waals surface area contributed by atoms with Gasteiger partial charge in [-0.1, -0.05) is 12.1 Å². The second kappa shape index (κ2) is 5.35. The number of aliphatic hydroxyl groups is 1. The molecule has 1 aliphatic rings. The maximum Gasteiger partial charge on any atom is 0.208 e. The van der Waals surface area contributed by atoms with Gasteiger partial charge in [-0.05, 0) is 25.0 Å². The van der Waals surface area contributed by atoms with Gasteiger partial charge < -0.3 is 19.5 Å². The van der Waals surface area contributed by atoms with Crippen LogP contribution in [0, 0.1) is 0 Å². The molecule has 20 heavy (non-hydrogen) atoms. The number of rotatable bonds is 3. The van der Waals surface area contributed by atoms with E-state index in [0.717, 1.165) is 17.5 Å². The van der Waals surface area contributed by atoms with Crippen LogP contribution < -0.4 is 4.90 Å². The van der Waals surface area contributed by atoms with E-state index in [4.69, 9.17) is 0 Å². The number of aliphatic hydroxyl groups excluding tert-OH is 1. The van der Waals surface area contributed by atoms with Crippen molar-refractivity contribution in [1.29, 1.82) is 0 Å². The number of anilines is 1. The lowest BCUT2D eigenvalue weighted by Gasteiger charge is -2.29. The molecular formula is C13H15N3O3S. The summed E-state index contributed by atoms with van der Waals surface area (Å²) in [5.41, 5.74) is 2.20. The molecule has 1 atom stereocenters. The summed E-state index contributed by atoms with van der Waals surface area (Å²) in [6.45, 7) is 0.384. The second-order valence-electron chi connectivity index (χ2n) is 4.61. The van der Waals surface area contributed by atoms with E-state index in [9.17, 15) is 13.9 Å². The smallest absolute Gasteiger partial charge is 0.208 e. The number of para-hydroxylation sites is 2. The van der Waals surface area contributed by atoms with Gasteiger partial charge in [-0.15, -0.1) is 0 Å². The van der Waals surface area contributed by atoms with Gasteiger partial charge in [0.05, 0.1) is 28.2 Å². The minimum atomic E-state index is -2.06. The zero-order chi connectivity index (χ0) is 14.1. The van der Waals surface area contributed by atoms with E-state index in [2.05, 4.69) is 9.97 Å². The summed E-state index contributed by atoms with van der Waals surface area (Å²) in [5.74, 6) is 0.595. The summed E-state index contributed by atoms with van der Waals surface area (Å²) in [4.78, 5) is 9.81. The van der Waals surface area contributed by atoms with Crippen LogP contribution in [0.5, 0.6) is 0 Å². The molecule has 0 fully saturated rings. The predicted molar refractivity (Wildman–Crippen MR) is 77.6 cm³/mol. The van der Waals surface area contributed by atoms with Gasteiger partial charge in [-0.25, -0.2) is 9.19 Å².